The molecule has 22 heavy (non-hydrogen) atoms. The van der Waals surface area contributed by atoms with E-state index in [0.29, 0.717) is 11.1 Å². The molecule has 0 radical (unpaired) electrons. The van der Waals surface area contributed by atoms with E-state index in [0.717, 1.165) is 0 Å². The molecule has 2 rings (SSSR count). The average molecular weight is 339 g/mol. The minimum Gasteiger partial charge on any atom is -0.465 e. The molecule has 0 aliphatic rings. The van der Waals surface area contributed by atoms with Gasteiger partial charge in [0.15, 0.2) is 0 Å². The minimum absolute atomic E-state index is 0.207. The molecule has 2 aromatic rings. The summed E-state index contributed by atoms with van der Waals surface area (Å²) in [5, 5.41) is 0.413. The lowest BCUT2D eigenvalue weighted by Gasteiger charge is -2.12. The molecule has 4 nitrogen and oxygen atoms in total. The molecule has 0 N–H and O–H groups in total. The van der Waals surface area contributed by atoms with Gasteiger partial charge >= 0.3 is 11.9 Å². The van der Waals surface area contributed by atoms with Crippen molar-refractivity contribution in [1.82, 2.24) is 0 Å². The van der Waals surface area contributed by atoms with Gasteiger partial charge in [-0.25, -0.2) is 9.59 Å². The van der Waals surface area contributed by atoms with Crippen molar-refractivity contribution >= 4 is 35.1 Å². The van der Waals surface area contributed by atoms with E-state index in [-0.39, 0.29) is 21.2 Å². The number of hydrogen-bond donors (Lipinski definition) is 0. The number of rotatable bonds is 3. The lowest BCUT2D eigenvalue weighted by atomic mass is 10.0. The number of esters is 2. The predicted octanol–water partition coefficient (Wildman–Crippen LogP) is 4.23. The summed E-state index contributed by atoms with van der Waals surface area (Å²) in [6.45, 7) is 0. The zero-order valence-electron chi connectivity index (χ0n) is 11.9. The highest BCUT2D eigenvalue weighted by Crippen LogP contribution is 2.37. The van der Waals surface area contributed by atoms with Gasteiger partial charge in [0.25, 0.3) is 0 Å². The Kier molecular flexibility index (Phi) is 5.06. The van der Waals surface area contributed by atoms with Crippen LogP contribution >= 0.6 is 23.2 Å². The molecule has 0 atom stereocenters. The van der Waals surface area contributed by atoms with E-state index in [1.807, 2.05) is 0 Å². The van der Waals surface area contributed by atoms with Gasteiger partial charge in [-0.3, -0.25) is 0 Å². The maximum absolute atomic E-state index is 11.7. The average Bonchev–Trinajstić information content (AvgIpc) is 2.54. The largest absolute Gasteiger partial charge is 0.465 e. The molecule has 0 amide bonds. The third-order valence-corrected chi connectivity index (χ3v) is 3.91. The summed E-state index contributed by atoms with van der Waals surface area (Å²) < 4.78 is 9.37. The van der Waals surface area contributed by atoms with Crippen LogP contribution in [0.2, 0.25) is 10.0 Å². The predicted molar refractivity (Wildman–Crippen MR) is 84.6 cm³/mol. The van der Waals surface area contributed by atoms with Gasteiger partial charge in [0.2, 0.25) is 0 Å². The van der Waals surface area contributed by atoms with Crippen LogP contribution in [0.5, 0.6) is 0 Å². The lowest BCUT2D eigenvalue weighted by molar-refractivity contribution is 0.0592. The maximum atomic E-state index is 11.7. The van der Waals surface area contributed by atoms with Crippen molar-refractivity contribution in [2.75, 3.05) is 14.2 Å². The Bertz CT molecular complexity index is 677. The highest BCUT2D eigenvalue weighted by Gasteiger charge is 2.19. The van der Waals surface area contributed by atoms with E-state index in [1.54, 1.807) is 36.4 Å². The minimum atomic E-state index is -0.549. The fourth-order valence-electron chi connectivity index (χ4n) is 2.02. The number of ether oxygens (including phenoxy) is 2. The molecular weight excluding hydrogens is 327 g/mol. The molecule has 0 unspecified atom stereocenters. The van der Waals surface area contributed by atoms with Crippen LogP contribution in [-0.4, -0.2) is 26.2 Å². The van der Waals surface area contributed by atoms with Crippen LogP contribution < -0.4 is 0 Å². The molecule has 0 spiro atoms. The topological polar surface area (TPSA) is 52.6 Å². The van der Waals surface area contributed by atoms with E-state index in [1.165, 1.54) is 14.2 Å². The smallest absolute Gasteiger partial charge is 0.339 e. The Morgan fingerprint density at radius 1 is 0.773 bits per heavy atom. The van der Waals surface area contributed by atoms with E-state index >= 15 is 0 Å². The van der Waals surface area contributed by atoms with Crippen LogP contribution in [0.1, 0.15) is 20.7 Å². The monoisotopic (exact) mass is 338 g/mol. The molecule has 0 heterocycles. The van der Waals surface area contributed by atoms with Crippen LogP contribution in [-0.2, 0) is 9.47 Å². The van der Waals surface area contributed by atoms with Crippen molar-refractivity contribution < 1.29 is 19.1 Å². The Balaban J connectivity index is 2.63. The molecule has 6 heteroatoms. The zero-order chi connectivity index (χ0) is 16.3. The molecule has 0 saturated carbocycles. The van der Waals surface area contributed by atoms with Crippen molar-refractivity contribution in [2.45, 2.75) is 0 Å². The first-order valence-electron chi connectivity index (χ1n) is 6.25. The van der Waals surface area contributed by atoms with Gasteiger partial charge in [0, 0.05) is 11.1 Å². The summed E-state index contributed by atoms with van der Waals surface area (Å²) in [6, 6.07) is 9.84. The van der Waals surface area contributed by atoms with Crippen LogP contribution in [0.25, 0.3) is 11.1 Å². The summed E-state index contributed by atoms with van der Waals surface area (Å²) in [7, 11) is 2.55. The van der Waals surface area contributed by atoms with Crippen molar-refractivity contribution in [3.8, 4) is 11.1 Å². The maximum Gasteiger partial charge on any atom is 0.339 e. The van der Waals surface area contributed by atoms with Crippen LogP contribution in [0, 0.1) is 0 Å². The second kappa shape index (κ2) is 6.81. The Morgan fingerprint density at radius 2 is 1.14 bits per heavy atom. The van der Waals surface area contributed by atoms with Crippen LogP contribution in [0.4, 0.5) is 0 Å². The molecule has 0 fully saturated rings. The SMILES string of the molecule is COC(=O)c1cccc(-c2cccc(C(=O)OC)c2Cl)c1Cl. The second-order valence-corrected chi connectivity index (χ2v) is 5.07. The normalized spacial score (nSPS) is 10.2. The summed E-state index contributed by atoms with van der Waals surface area (Å²) in [5.74, 6) is -1.10. The molecule has 114 valence electrons. The quantitative estimate of drug-likeness (QED) is 0.785. The van der Waals surface area contributed by atoms with Crippen molar-refractivity contribution in [2.24, 2.45) is 0 Å². The number of carbonyl (C=O) groups is 2. The number of halogens is 2. The van der Waals surface area contributed by atoms with Crippen LogP contribution in [0.3, 0.4) is 0 Å². The third-order valence-electron chi connectivity index (χ3n) is 3.10. The summed E-state index contributed by atoms with van der Waals surface area (Å²) in [4.78, 5) is 23.4. The third kappa shape index (κ3) is 2.93. The molecule has 0 aliphatic heterocycles. The first kappa shape index (κ1) is 16.3. The van der Waals surface area contributed by atoms with Gasteiger partial charge in [-0.1, -0.05) is 47.5 Å². The number of benzene rings is 2. The fraction of sp³-hybridized carbons (Fsp3) is 0.125. The first-order chi connectivity index (χ1) is 10.5. The number of carbonyl (C=O) groups excluding carboxylic acids is 2. The molecule has 0 aliphatic carbocycles. The zero-order valence-corrected chi connectivity index (χ0v) is 13.4. The standard InChI is InChI=1S/C16H12Cl2O4/c1-21-15(19)11-7-3-5-9(13(11)17)10-6-4-8-12(14(10)18)16(20)22-2/h3-8H,1-2H3. The van der Waals surface area contributed by atoms with Gasteiger partial charge in [0.05, 0.1) is 35.4 Å². The summed E-state index contributed by atoms with van der Waals surface area (Å²) >= 11 is 12.6. The molecule has 0 saturated heterocycles. The Hall–Kier alpha value is -2.04. The van der Waals surface area contributed by atoms with E-state index < -0.39 is 11.9 Å². The van der Waals surface area contributed by atoms with Gasteiger partial charge < -0.3 is 9.47 Å². The summed E-state index contributed by atoms with van der Waals surface area (Å²) in [5.41, 5.74) is 1.50. The van der Waals surface area contributed by atoms with E-state index in [4.69, 9.17) is 23.2 Å². The van der Waals surface area contributed by atoms with E-state index in [9.17, 15) is 9.59 Å². The highest BCUT2D eigenvalue weighted by molar-refractivity contribution is 6.39. The fourth-order valence-corrected chi connectivity index (χ4v) is 2.63. The Morgan fingerprint density at radius 3 is 1.45 bits per heavy atom. The van der Waals surface area contributed by atoms with Gasteiger partial charge in [-0.2, -0.15) is 0 Å². The summed E-state index contributed by atoms with van der Waals surface area (Å²) in [6.07, 6.45) is 0. The second-order valence-electron chi connectivity index (χ2n) is 4.32. The van der Waals surface area contributed by atoms with Crippen molar-refractivity contribution in [1.29, 1.82) is 0 Å². The van der Waals surface area contributed by atoms with E-state index in [2.05, 4.69) is 9.47 Å². The highest BCUT2D eigenvalue weighted by atomic mass is 35.5. The lowest BCUT2D eigenvalue weighted by Crippen LogP contribution is -2.04. The molecule has 2 aromatic carbocycles. The number of hydrogen-bond acceptors (Lipinski definition) is 4. The Labute approximate surface area is 137 Å². The first-order valence-corrected chi connectivity index (χ1v) is 7.00. The van der Waals surface area contributed by atoms with Crippen LogP contribution in [0.15, 0.2) is 36.4 Å². The molecule has 0 bridgehead atoms. The molecule has 0 aromatic heterocycles. The van der Waals surface area contributed by atoms with Gasteiger partial charge in [0.1, 0.15) is 0 Å². The van der Waals surface area contributed by atoms with Crippen molar-refractivity contribution in [3.63, 3.8) is 0 Å². The van der Waals surface area contributed by atoms with Gasteiger partial charge in [-0.15, -0.1) is 0 Å². The number of methoxy groups -OCH3 is 2. The van der Waals surface area contributed by atoms with Crippen molar-refractivity contribution in [3.05, 3.63) is 57.6 Å². The van der Waals surface area contributed by atoms with Gasteiger partial charge in [-0.05, 0) is 12.1 Å². The molecular formula is C16H12Cl2O4.